The zero-order valence-corrected chi connectivity index (χ0v) is 11.4. The van der Waals surface area contributed by atoms with Gasteiger partial charge < -0.3 is 10.6 Å². The van der Waals surface area contributed by atoms with E-state index in [0.717, 1.165) is 11.4 Å². The highest BCUT2D eigenvalue weighted by Gasteiger charge is 2.21. The molecular formula is C16H15N3O2. The summed E-state index contributed by atoms with van der Waals surface area (Å²) < 4.78 is 0. The molecule has 21 heavy (non-hydrogen) atoms. The third kappa shape index (κ3) is 2.86. The number of hydrogen-bond donors (Lipinski definition) is 2. The van der Waals surface area contributed by atoms with Gasteiger partial charge in [-0.2, -0.15) is 0 Å². The highest BCUT2D eigenvalue weighted by atomic mass is 16.2. The fourth-order valence-electron chi connectivity index (χ4n) is 2.24. The van der Waals surface area contributed by atoms with E-state index < -0.39 is 0 Å². The van der Waals surface area contributed by atoms with Crippen molar-refractivity contribution in [2.75, 3.05) is 23.3 Å². The van der Waals surface area contributed by atoms with Gasteiger partial charge >= 0.3 is 6.03 Å². The lowest BCUT2D eigenvalue weighted by Crippen LogP contribution is -2.27. The van der Waals surface area contributed by atoms with E-state index in [4.69, 9.17) is 0 Å². The van der Waals surface area contributed by atoms with Crippen LogP contribution in [0.1, 0.15) is 10.4 Å². The van der Waals surface area contributed by atoms with Gasteiger partial charge in [0, 0.05) is 30.0 Å². The largest absolute Gasteiger partial charge is 0.336 e. The molecule has 5 nitrogen and oxygen atoms in total. The van der Waals surface area contributed by atoms with E-state index in [1.807, 2.05) is 30.3 Å². The van der Waals surface area contributed by atoms with E-state index in [1.165, 1.54) is 0 Å². The second kappa shape index (κ2) is 5.66. The van der Waals surface area contributed by atoms with Crippen molar-refractivity contribution in [1.29, 1.82) is 0 Å². The second-order valence-corrected chi connectivity index (χ2v) is 4.75. The quantitative estimate of drug-likeness (QED) is 0.908. The molecule has 0 aliphatic carbocycles. The number of urea groups is 1. The van der Waals surface area contributed by atoms with Crippen LogP contribution in [0.5, 0.6) is 0 Å². The molecule has 1 heterocycles. The van der Waals surface area contributed by atoms with Gasteiger partial charge in [0.25, 0.3) is 5.91 Å². The van der Waals surface area contributed by atoms with Crippen LogP contribution < -0.4 is 15.5 Å². The maximum Gasteiger partial charge on any atom is 0.321 e. The van der Waals surface area contributed by atoms with E-state index in [9.17, 15) is 9.59 Å². The lowest BCUT2D eigenvalue weighted by atomic mass is 10.2. The first kappa shape index (κ1) is 13.2. The molecule has 0 saturated carbocycles. The van der Waals surface area contributed by atoms with Gasteiger partial charge in [0.05, 0.1) is 0 Å². The summed E-state index contributed by atoms with van der Waals surface area (Å²) in [4.78, 5) is 25.3. The molecule has 1 aliphatic heterocycles. The van der Waals surface area contributed by atoms with Crippen molar-refractivity contribution in [1.82, 2.24) is 5.32 Å². The Morgan fingerprint density at radius 3 is 2.38 bits per heavy atom. The molecule has 0 spiro atoms. The summed E-state index contributed by atoms with van der Waals surface area (Å²) >= 11 is 0. The number of carbonyl (C=O) groups is 2. The normalized spacial score (nSPS) is 13.9. The summed E-state index contributed by atoms with van der Waals surface area (Å²) in [5.74, 6) is -0.168. The minimum atomic E-state index is -0.168. The molecule has 1 aliphatic rings. The highest BCUT2D eigenvalue weighted by Crippen LogP contribution is 2.18. The zero-order valence-electron chi connectivity index (χ0n) is 11.4. The Labute approximate surface area is 122 Å². The van der Waals surface area contributed by atoms with Crippen LogP contribution in [0.3, 0.4) is 0 Å². The van der Waals surface area contributed by atoms with Gasteiger partial charge in [-0.05, 0) is 36.4 Å². The lowest BCUT2D eigenvalue weighted by molar-refractivity contribution is 0.102. The van der Waals surface area contributed by atoms with Crippen molar-refractivity contribution in [2.45, 2.75) is 0 Å². The van der Waals surface area contributed by atoms with Crippen molar-refractivity contribution in [3.8, 4) is 0 Å². The molecule has 3 rings (SSSR count). The summed E-state index contributed by atoms with van der Waals surface area (Å²) in [5, 5.41) is 5.57. The summed E-state index contributed by atoms with van der Waals surface area (Å²) in [7, 11) is 0. The monoisotopic (exact) mass is 281 g/mol. The maximum absolute atomic E-state index is 12.1. The molecule has 0 radical (unpaired) electrons. The van der Waals surface area contributed by atoms with Crippen LogP contribution in [-0.4, -0.2) is 25.0 Å². The molecule has 3 amide bonds. The Balaban J connectivity index is 1.72. The van der Waals surface area contributed by atoms with E-state index in [0.29, 0.717) is 18.7 Å². The Morgan fingerprint density at radius 2 is 1.76 bits per heavy atom. The predicted octanol–water partition coefficient (Wildman–Crippen LogP) is 2.47. The SMILES string of the molecule is O=C(Nc1ccccc1)c1ccc(N2CCNC2=O)cc1. The topological polar surface area (TPSA) is 61.4 Å². The fourth-order valence-corrected chi connectivity index (χ4v) is 2.24. The van der Waals surface area contributed by atoms with Crippen LogP contribution in [0.25, 0.3) is 0 Å². The first-order chi connectivity index (χ1) is 10.2. The van der Waals surface area contributed by atoms with E-state index in [2.05, 4.69) is 10.6 Å². The summed E-state index contributed by atoms with van der Waals surface area (Å²) in [6.45, 7) is 1.30. The predicted molar refractivity (Wildman–Crippen MR) is 81.6 cm³/mol. The number of anilines is 2. The molecule has 2 aromatic carbocycles. The number of rotatable bonds is 3. The zero-order chi connectivity index (χ0) is 14.7. The molecule has 2 aromatic rings. The first-order valence-corrected chi connectivity index (χ1v) is 6.76. The number of nitrogens with one attached hydrogen (secondary N) is 2. The molecule has 106 valence electrons. The summed E-state index contributed by atoms with van der Waals surface area (Å²) in [6.07, 6.45) is 0. The number of nitrogens with zero attached hydrogens (tertiary/aromatic N) is 1. The van der Waals surface area contributed by atoms with Crippen molar-refractivity contribution < 1.29 is 9.59 Å². The molecule has 5 heteroatoms. The maximum atomic E-state index is 12.1. The van der Waals surface area contributed by atoms with E-state index in [1.54, 1.807) is 29.2 Å². The Bertz CT molecular complexity index is 653. The molecule has 0 aromatic heterocycles. The third-order valence-corrected chi connectivity index (χ3v) is 3.33. The van der Waals surface area contributed by atoms with Gasteiger partial charge in [-0.15, -0.1) is 0 Å². The number of amides is 3. The standard InChI is InChI=1S/C16H15N3O2/c20-15(18-13-4-2-1-3-5-13)12-6-8-14(9-7-12)19-11-10-17-16(19)21/h1-9H,10-11H2,(H,17,21)(H,18,20). The van der Waals surface area contributed by atoms with E-state index in [-0.39, 0.29) is 11.9 Å². The van der Waals surface area contributed by atoms with Crippen LogP contribution in [0.4, 0.5) is 16.2 Å². The lowest BCUT2D eigenvalue weighted by Gasteiger charge is -2.14. The Kier molecular flexibility index (Phi) is 3.55. The van der Waals surface area contributed by atoms with Gasteiger partial charge in [0.15, 0.2) is 0 Å². The van der Waals surface area contributed by atoms with Crippen molar-refractivity contribution in [3.05, 3.63) is 60.2 Å². The van der Waals surface area contributed by atoms with Gasteiger partial charge in [0.2, 0.25) is 0 Å². The van der Waals surface area contributed by atoms with Gasteiger partial charge in [-0.25, -0.2) is 4.79 Å². The summed E-state index contributed by atoms with van der Waals surface area (Å²) in [6, 6.07) is 16.2. The smallest absolute Gasteiger partial charge is 0.321 e. The minimum Gasteiger partial charge on any atom is -0.336 e. The number of carbonyl (C=O) groups excluding carboxylic acids is 2. The van der Waals surface area contributed by atoms with Crippen LogP contribution in [0.2, 0.25) is 0 Å². The van der Waals surface area contributed by atoms with Crippen molar-refractivity contribution in [3.63, 3.8) is 0 Å². The average Bonchev–Trinajstić information content (AvgIpc) is 2.94. The second-order valence-electron chi connectivity index (χ2n) is 4.75. The van der Waals surface area contributed by atoms with Gasteiger partial charge in [-0.1, -0.05) is 18.2 Å². The molecule has 0 bridgehead atoms. The van der Waals surface area contributed by atoms with Crippen LogP contribution in [0, 0.1) is 0 Å². The van der Waals surface area contributed by atoms with Crippen molar-refractivity contribution >= 4 is 23.3 Å². The van der Waals surface area contributed by atoms with Gasteiger partial charge in [0.1, 0.15) is 0 Å². The molecule has 1 fully saturated rings. The Hall–Kier alpha value is -2.82. The highest BCUT2D eigenvalue weighted by molar-refractivity contribution is 6.04. The number of benzene rings is 2. The van der Waals surface area contributed by atoms with Crippen LogP contribution >= 0.6 is 0 Å². The molecular weight excluding hydrogens is 266 g/mol. The molecule has 0 unspecified atom stereocenters. The van der Waals surface area contributed by atoms with E-state index >= 15 is 0 Å². The minimum absolute atomic E-state index is 0.100. The number of para-hydroxylation sites is 1. The van der Waals surface area contributed by atoms with Gasteiger partial charge in [-0.3, -0.25) is 9.69 Å². The molecule has 0 atom stereocenters. The fraction of sp³-hybridized carbons (Fsp3) is 0.125. The molecule has 2 N–H and O–H groups in total. The first-order valence-electron chi connectivity index (χ1n) is 6.76. The van der Waals surface area contributed by atoms with Crippen LogP contribution in [0.15, 0.2) is 54.6 Å². The average molecular weight is 281 g/mol. The third-order valence-electron chi connectivity index (χ3n) is 3.33. The van der Waals surface area contributed by atoms with Crippen LogP contribution in [-0.2, 0) is 0 Å². The molecule has 1 saturated heterocycles. The summed E-state index contributed by atoms with van der Waals surface area (Å²) in [5.41, 5.74) is 2.11. The van der Waals surface area contributed by atoms with Crippen molar-refractivity contribution in [2.24, 2.45) is 0 Å². The Morgan fingerprint density at radius 1 is 1.05 bits per heavy atom. The number of hydrogen-bond acceptors (Lipinski definition) is 2.